The number of amides is 1. The first-order valence-electron chi connectivity index (χ1n) is 7.50. The average molecular weight is 264 g/mol. The van der Waals surface area contributed by atoms with Gasteiger partial charge in [-0.15, -0.1) is 6.58 Å². The van der Waals surface area contributed by atoms with E-state index in [4.69, 9.17) is 4.74 Å². The Morgan fingerprint density at radius 3 is 2.58 bits per heavy atom. The third-order valence-corrected chi connectivity index (χ3v) is 4.75. The number of hydrogen-bond acceptors (Lipinski definition) is 3. The van der Waals surface area contributed by atoms with Crippen LogP contribution in [0.5, 0.6) is 0 Å². The molecule has 4 nitrogen and oxygen atoms in total. The van der Waals surface area contributed by atoms with Crippen LogP contribution in [0.2, 0.25) is 0 Å². The molecule has 4 rings (SSSR count). The Bertz CT molecular complexity index is 340. The van der Waals surface area contributed by atoms with Gasteiger partial charge >= 0.3 is 0 Å². The van der Waals surface area contributed by atoms with Crippen molar-refractivity contribution in [2.24, 2.45) is 5.92 Å². The van der Waals surface area contributed by atoms with Gasteiger partial charge in [-0.05, 0) is 25.2 Å². The molecule has 4 heteroatoms. The fourth-order valence-electron chi connectivity index (χ4n) is 3.74. The lowest BCUT2D eigenvalue weighted by Gasteiger charge is -2.56. The van der Waals surface area contributed by atoms with Gasteiger partial charge in [-0.1, -0.05) is 6.08 Å². The quantitative estimate of drug-likeness (QED) is 0.717. The standard InChI is InChI=1S/C15H24N2O2/c1-2-5-16-10-13-9-14(11-16)17(13)15(18)8-12-3-6-19-7-4-12/h2,12-14H,1,3-11H2. The molecule has 4 saturated heterocycles. The number of piperazine rings is 1. The van der Waals surface area contributed by atoms with Crippen LogP contribution in [0.3, 0.4) is 0 Å². The van der Waals surface area contributed by atoms with Crippen LogP contribution in [0.15, 0.2) is 12.7 Å². The largest absolute Gasteiger partial charge is 0.381 e. The highest BCUT2D eigenvalue weighted by molar-refractivity contribution is 5.78. The summed E-state index contributed by atoms with van der Waals surface area (Å²) in [6, 6.07) is 0.928. The minimum Gasteiger partial charge on any atom is -0.381 e. The van der Waals surface area contributed by atoms with E-state index in [1.807, 2.05) is 6.08 Å². The van der Waals surface area contributed by atoms with Crippen molar-refractivity contribution < 1.29 is 9.53 Å². The number of carbonyl (C=O) groups excluding carboxylic acids is 1. The van der Waals surface area contributed by atoms with Crippen LogP contribution < -0.4 is 0 Å². The van der Waals surface area contributed by atoms with Gasteiger partial charge in [-0.25, -0.2) is 0 Å². The molecule has 0 saturated carbocycles. The highest BCUT2D eigenvalue weighted by Crippen LogP contribution is 2.34. The van der Waals surface area contributed by atoms with E-state index in [0.29, 0.717) is 23.9 Å². The van der Waals surface area contributed by atoms with E-state index in [1.165, 1.54) is 6.42 Å². The minimum atomic E-state index is 0.381. The average Bonchev–Trinajstić information content (AvgIpc) is 2.40. The van der Waals surface area contributed by atoms with Crippen LogP contribution in [-0.4, -0.2) is 60.6 Å². The second kappa shape index (κ2) is 5.63. The summed E-state index contributed by atoms with van der Waals surface area (Å²) in [6.45, 7) is 8.47. The van der Waals surface area contributed by atoms with Crippen LogP contribution >= 0.6 is 0 Å². The monoisotopic (exact) mass is 264 g/mol. The van der Waals surface area contributed by atoms with E-state index in [-0.39, 0.29) is 0 Å². The number of ether oxygens (including phenoxy) is 1. The maximum atomic E-state index is 12.4. The highest BCUT2D eigenvalue weighted by Gasteiger charge is 2.46. The molecule has 106 valence electrons. The van der Waals surface area contributed by atoms with Crippen LogP contribution in [0.4, 0.5) is 0 Å². The van der Waals surface area contributed by atoms with Crippen LogP contribution in [-0.2, 0) is 9.53 Å². The van der Waals surface area contributed by atoms with Crippen LogP contribution in [0, 0.1) is 5.92 Å². The minimum absolute atomic E-state index is 0.381. The van der Waals surface area contributed by atoms with Gasteiger partial charge in [0.25, 0.3) is 0 Å². The van der Waals surface area contributed by atoms with E-state index >= 15 is 0 Å². The first kappa shape index (κ1) is 13.1. The summed E-state index contributed by atoms with van der Waals surface area (Å²) in [4.78, 5) is 17.0. The molecular formula is C15H24N2O2. The third kappa shape index (κ3) is 2.70. The zero-order valence-electron chi connectivity index (χ0n) is 11.6. The number of fused-ring (bicyclic) bond motifs is 2. The summed E-state index contributed by atoms with van der Waals surface area (Å²) >= 11 is 0. The number of hydrogen-bond donors (Lipinski definition) is 0. The van der Waals surface area contributed by atoms with Crippen LogP contribution in [0.25, 0.3) is 0 Å². The van der Waals surface area contributed by atoms with Gasteiger partial charge in [0.1, 0.15) is 0 Å². The van der Waals surface area contributed by atoms with Gasteiger partial charge in [0, 0.05) is 51.4 Å². The fourth-order valence-corrected chi connectivity index (χ4v) is 3.74. The van der Waals surface area contributed by atoms with Crippen molar-refractivity contribution in [3.63, 3.8) is 0 Å². The first-order chi connectivity index (χ1) is 9.28. The molecule has 4 aliphatic rings. The predicted molar refractivity (Wildman–Crippen MR) is 73.8 cm³/mol. The molecule has 1 amide bonds. The number of rotatable bonds is 4. The smallest absolute Gasteiger partial charge is 0.223 e. The van der Waals surface area contributed by atoms with Gasteiger partial charge < -0.3 is 9.64 Å². The SMILES string of the molecule is C=CCN1CC2CC(C1)N2C(=O)CC1CCOCC1. The molecule has 4 fully saturated rings. The Labute approximate surface area is 115 Å². The van der Waals surface area contributed by atoms with Crippen molar-refractivity contribution in [1.29, 1.82) is 0 Å². The Morgan fingerprint density at radius 1 is 1.26 bits per heavy atom. The lowest BCUT2D eigenvalue weighted by atomic mass is 9.85. The number of carbonyl (C=O) groups is 1. The fraction of sp³-hybridized carbons (Fsp3) is 0.800. The van der Waals surface area contributed by atoms with Gasteiger partial charge in [0.15, 0.2) is 0 Å². The molecule has 0 aliphatic carbocycles. The molecule has 2 atom stereocenters. The molecule has 0 aromatic carbocycles. The van der Waals surface area contributed by atoms with Crippen molar-refractivity contribution in [2.75, 3.05) is 32.8 Å². The number of nitrogens with zero attached hydrogens (tertiary/aromatic N) is 2. The van der Waals surface area contributed by atoms with Gasteiger partial charge in [-0.2, -0.15) is 0 Å². The lowest BCUT2D eigenvalue weighted by molar-refractivity contribution is -0.155. The highest BCUT2D eigenvalue weighted by atomic mass is 16.5. The molecule has 2 bridgehead atoms. The van der Waals surface area contributed by atoms with Gasteiger partial charge in [-0.3, -0.25) is 9.69 Å². The van der Waals surface area contributed by atoms with Crippen molar-refractivity contribution in [3.05, 3.63) is 12.7 Å². The Hall–Kier alpha value is -0.870. The third-order valence-electron chi connectivity index (χ3n) is 4.75. The molecular weight excluding hydrogens is 240 g/mol. The summed E-state index contributed by atoms with van der Waals surface area (Å²) in [6.07, 6.45) is 6.00. The van der Waals surface area contributed by atoms with E-state index in [0.717, 1.165) is 52.1 Å². The van der Waals surface area contributed by atoms with E-state index in [2.05, 4.69) is 16.4 Å². The topological polar surface area (TPSA) is 32.8 Å². The van der Waals surface area contributed by atoms with E-state index < -0.39 is 0 Å². The molecule has 19 heavy (non-hydrogen) atoms. The van der Waals surface area contributed by atoms with Gasteiger partial charge in [0.05, 0.1) is 0 Å². The predicted octanol–water partition coefficient (Wildman–Crippen LogP) is 1.27. The normalized spacial score (nSPS) is 31.9. The van der Waals surface area contributed by atoms with Crippen LogP contribution in [0.1, 0.15) is 25.7 Å². The van der Waals surface area contributed by atoms with Crippen molar-refractivity contribution in [1.82, 2.24) is 9.80 Å². The molecule has 0 radical (unpaired) electrons. The Kier molecular flexibility index (Phi) is 3.89. The summed E-state index contributed by atoms with van der Waals surface area (Å²) in [7, 11) is 0. The zero-order chi connectivity index (χ0) is 13.2. The second-order valence-electron chi connectivity index (χ2n) is 6.11. The molecule has 0 aromatic rings. The van der Waals surface area contributed by atoms with Gasteiger partial charge in [0.2, 0.25) is 5.91 Å². The molecule has 2 unspecified atom stereocenters. The van der Waals surface area contributed by atoms with E-state index in [1.54, 1.807) is 0 Å². The summed E-state index contributed by atoms with van der Waals surface area (Å²) in [5, 5.41) is 0. The molecule has 0 aromatic heterocycles. The second-order valence-corrected chi connectivity index (χ2v) is 6.11. The van der Waals surface area contributed by atoms with Crippen molar-refractivity contribution >= 4 is 5.91 Å². The van der Waals surface area contributed by atoms with Crippen molar-refractivity contribution in [3.8, 4) is 0 Å². The lowest BCUT2D eigenvalue weighted by Crippen LogP contribution is -2.70. The van der Waals surface area contributed by atoms with E-state index in [9.17, 15) is 4.79 Å². The summed E-state index contributed by atoms with van der Waals surface area (Å²) in [5.41, 5.74) is 0. The molecule has 0 spiro atoms. The maximum Gasteiger partial charge on any atom is 0.223 e. The Balaban J connectivity index is 1.50. The Morgan fingerprint density at radius 2 is 1.95 bits per heavy atom. The zero-order valence-corrected chi connectivity index (χ0v) is 11.6. The summed E-state index contributed by atoms with van der Waals surface area (Å²) in [5.74, 6) is 0.929. The number of piperidine rings is 1. The summed E-state index contributed by atoms with van der Waals surface area (Å²) < 4.78 is 5.36. The van der Waals surface area contributed by atoms with Crippen molar-refractivity contribution in [2.45, 2.75) is 37.8 Å². The first-order valence-corrected chi connectivity index (χ1v) is 7.50. The molecule has 4 aliphatic heterocycles. The molecule has 4 heterocycles. The molecule has 0 N–H and O–H groups in total. The maximum absolute atomic E-state index is 12.4.